The molecular formula is C11H13BrN2O. The summed E-state index contributed by atoms with van der Waals surface area (Å²) >= 11 is 3.46. The van der Waals surface area contributed by atoms with Gasteiger partial charge < -0.3 is 5.11 Å². The van der Waals surface area contributed by atoms with Crippen LogP contribution in [0.2, 0.25) is 0 Å². The zero-order valence-electron chi connectivity index (χ0n) is 8.95. The van der Waals surface area contributed by atoms with Crippen LogP contribution in [0.25, 0.3) is 5.65 Å². The minimum atomic E-state index is -0.933. The molecule has 4 heteroatoms. The molecule has 2 aromatic rings. The normalized spacial score (nSPS) is 12.3. The fourth-order valence-electron chi connectivity index (χ4n) is 1.56. The SMILES string of the molecule is Cc1cccn2c(Br)c(C(C)(C)O)nc12. The predicted molar refractivity (Wildman–Crippen MR) is 62.9 cm³/mol. The van der Waals surface area contributed by atoms with Crippen LogP contribution >= 0.6 is 15.9 Å². The van der Waals surface area contributed by atoms with Gasteiger partial charge in [-0.2, -0.15) is 0 Å². The number of fused-ring (bicyclic) bond motifs is 1. The van der Waals surface area contributed by atoms with Gasteiger partial charge in [-0.15, -0.1) is 0 Å². The first-order chi connectivity index (χ1) is 6.91. The molecule has 0 bridgehead atoms. The molecular weight excluding hydrogens is 256 g/mol. The van der Waals surface area contributed by atoms with Crippen molar-refractivity contribution in [2.45, 2.75) is 26.4 Å². The summed E-state index contributed by atoms with van der Waals surface area (Å²) in [4.78, 5) is 4.45. The molecule has 0 aliphatic carbocycles. The number of rotatable bonds is 1. The molecule has 0 aliphatic heterocycles. The summed E-state index contributed by atoms with van der Waals surface area (Å²) < 4.78 is 2.75. The van der Waals surface area contributed by atoms with Crippen molar-refractivity contribution in [1.29, 1.82) is 0 Å². The lowest BCUT2D eigenvalue weighted by Gasteiger charge is -2.14. The second kappa shape index (κ2) is 3.32. The van der Waals surface area contributed by atoms with Crippen LogP contribution in [0.3, 0.4) is 0 Å². The van der Waals surface area contributed by atoms with Gasteiger partial charge in [0.05, 0.1) is 0 Å². The van der Waals surface area contributed by atoms with Crippen LogP contribution in [0, 0.1) is 6.92 Å². The molecule has 2 aromatic heterocycles. The largest absolute Gasteiger partial charge is 0.384 e. The van der Waals surface area contributed by atoms with Gasteiger partial charge in [-0.25, -0.2) is 4.98 Å². The summed E-state index contributed by atoms with van der Waals surface area (Å²) in [5.74, 6) is 0. The molecule has 0 saturated heterocycles. The molecule has 0 aliphatic rings. The quantitative estimate of drug-likeness (QED) is 0.864. The molecule has 0 atom stereocenters. The summed E-state index contributed by atoms with van der Waals surface area (Å²) in [7, 11) is 0. The second-order valence-electron chi connectivity index (χ2n) is 4.20. The van der Waals surface area contributed by atoms with Gasteiger partial charge in [0.15, 0.2) is 0 Å². The summed E-state index contributed by atoms with van der Waals surface area (Å²) in [6.45, 7) is 5.46. The maximum absolute atomic E-state index is 9.96. The van der Waals surface area contributed by atoms with Gasteiger partial charge in [-0.1, -0.05) is 6.07 Å². The smallest absolute Gasteiger partial charge is 0.141 e. The fraction of sp³-hybridized carbons (Fsp3) is 0.364. The highest BCUT2D eigenvalue weighted by molar-refractivity contribution is 9.10. The van der Waals surface area contributed by atoms with Gasteiger partial charge in [-0.3, -0.25) is 4.40 Å². The Morgan fingerprint density at radius 1 is 1.47 bits per heavy atom. The number of aliphatic hydroxyl groups is 1. The van der Waals surface area contributed by atoms with Gasteiger partial charge in [0.2, 0.25) is 0 Å². The van der Waals surface area contributed by atoms with Crippen LogP contribution in [-0.2, 0) is 5.60 Å². The van der Waals surface area contributed by atoms with Crippen LogP contribution < -0.4 is 0 Å². The fourth-order valence-corrected chi connectivity index (χ4v) is 2.42. The van der Waals surface area contributed by atoms with Crippen LogP contribution in [0.15, 0.2) is 22.9 Å². The maximum Gasteiger partial charge on any atom is 0.141 e. The summed E-state index contributed by atoms with van der Waals surface area (Å²) in [5, 5.41) is 9.96. The lowest BCUT2D eigenvalue weighted by molar-refractivity contribution is 0.0736. The van der Waals surface area contributed by atoms with Crippen molar-refractivity contribution in [3.05, 3.63) is 34.2 Å². The molecule has 0 fully saturated rings. The van der Waals surface area contributed by atoms with E-state index >= 15 is 0 Å². The highest BCUT2D eigenvalue weighted by Gasteiger charge is 2.24. The first-order valence-electron chi connectivity index (χ1n) is 4.77. The number of aromatic nitrogens is 2. The van der Waals surface area contributed by atoms with E-state index in [1.54, 1.807) is 13.8 Å². The van der Waals surface area contributed by atoms with Crippen LogP contribution in [0.1, 0.15) is 25.1 Å². The average molecular weight is 269 g/mol. The van der Waals surface area contributed by atoms with Crippen molar-refractivity contribution in [3.8, 4) is 0 Å². The van der Waals surface area contributed by atoms with Crippen LogP contribution in [0.5, 0.6) is 0 Å². The van der Waals surface area contributed by atoms with E-state index in [1.165, 1.54) is 0 Å². The Morgan fingerprint density at radius 3 is 2.67 bits per heavy atom. The Kier molecular flexibility index (Phi) is 2.35. The molecule has 3 nitrogen and oxygen atoms in total. The van der Waals surface area contributed by atoms with E-state index in [2.05, 4.69) is 20.9 Å². The third-order valence-electron chi connectivity index (χ3n) is 2.37. The molecule has 2 heterocycles. The molecule has 0 saturated carbocycles. The molecule has 80 valence electrons. The van der Waals surface area contributed by atoms with Gasteiger partial charge in [0.25, 0.3) is 0 Å². The predicted octanol–water partition coefficient (Wildman–Crippen LogP) is 2.63. The molecule has 0 radical (unpaired) electrons. The van der Waals surface area contributed by atoms with Gasteiger partial charge in [0.1, 0.15) is 21.5 Å². The van der Waals surface area contributed by atoms with E-state index in [1.807, 2.05) is 29.7 Å². The van der Waals surface area contributed by atoms with Crippen molar-refractivity contribution >= 4 is 21.6 Å². The monoisotopic (exact) mass is 268 g/mol. The highest BCUT2D eigenvalue weighted by Crippen LogP contribution is 2.29. The Morgan fingerprint density at radius 2 is 2.13 bits per heavy atom. The van der Waals surface area contributed by atoms with Gasteiger partial charge in [-0.05, 0) is 48.3 Å². The number of nitrogens with zero attached hydrogens (tertiary/aromatic N) is 2. The molecule has 0 unspecified atom stereocenters. The molecule has 0 aromatic carbocycles. The van der Waals surface area contributed by atoms with E-state index in [9.17, 15) is 5.11 Å². The standard InChI is InChI=1S/C11H13BrN2O/c1-7-5-4-6-14-9(12)8(11(2,3)15)13-10(7)14/h4-6,15H,1-3H3. The van der Waals surface area contributed by atoms with Crippen molar-refractivity contribution in [2.24, 2.45) is 0 Å². The van der Waals surface area contributed by atoms with E-state index in [0.29, 0.717) is 5.69 Å². The number of hydrogen-bond acceptors (Lipinski definition) is 2. The minimum Gasteiger partial charge on any atom is -0.384 e. The molecule has 15 heavy (non-hydrogen) atoms. The third-order valence-corrected chi connectivity index (χ3v) is 3.12. The number of hydrogen-bond donors (Lipinski definition) is 1. The number of aryl methyl sites for hydroxylation is 1. The lowest BCUT2D eigenvalue weighted by Crippen LogP contribution is -2.16. The minimum absolute atomic E-state index is 0.664. The van der Waals surface area contributed by atoms with Crippen molar-refractivity contribution < 1.29 is 5.11 Å². The lowest BCUT2D eigenvalue weighted by atomic mass is 10.1. The summed E-state index contributed by atoms with van der Waals surface area (Å²) in [6.07, 6.45) is 1.93. The summed E-state index contributed by atoms with van der Waals surface area (Å²) in [6, 6.07) is 3.96. The van der Waals surface area contributed by atoms with Gasteiger partial charge in [0, 0.05) is 6.20 Å². The second-order valence-corrected chi connectivity index (χ2v) is 4.95. The van der Waals surface area contributed by atoms with Crippen molar-refractivity contribution in [2.75, 3.05) is 0 Å². The van der Waals surface area contributed by atoms with Crippen molar-refractivity contribution in [1.82, 2.24) is 9.38 Å². The first kappa shape index (κ1) is 10.6. The van der Waals surface area contributed by atoms with Crippen LogP contribution in [0.4, 0.5) is 0 Å². The Bertz CT molecular complexity index is 511. The molecule has 0 amide bonds. The first-order valence-corrected chi connectivity index (χ1v) is 5.56. The Balaban J connectivity index is 2.81. The average Bonchev–Trinajstić information content (AvgIpc) is 2.45. The Labute approximate surface area is 96.9 Å². The van der Waals surface area contributed by atoms with E-state index in [4.69, 9.17) is 0 Å². The zero-order chi connectivity index (χ0) is 11.2. The molecule has 2 rings (SSSR count). The van der Waals surface area contributed by atoms with Crippen LogP contribution in [-0.4, -0.2) is 14.5 Å². The number of halogens is 1. The Hall–Kier alpha value is -0.870. The van der Waals surface area contributed by atoms with Crippen molar-refractivity contribution in [3.63, 3.8) is 0 Å². The molecule has 1 N–H and O–H groups in total. The molecule has 0 spiro atoms. The highest BCUT2D eigenvalue weighted by atomic mass is 79.9. The number of imidazole rings is 1. The van der Waals surface area contributed by atoms with E-state index < -0.39 is 5.60 Å². The maximum atomic E-state index is 9.96. The van der Waals surface area contributed by atoms with Gasteiger partial charge >= 0.3 is 0 Å². The number of pyridine rings is 1. The van der Waals surface area contributed by atoms with E-state index in [-0.39, 0.29) is 0 Å². The third kappa shape index (κ3) is 1.68. The van der Waals surface area contributed by atoms with E-state index in [0.717, 1.165) is 15.8 Å². The summed E-state index contributed by atoms with van der Waals surface area (Å²) in [5.41, 5.74) is 1.70. The zero-order valence-corrected chi connectivity index (χ0v) is 10.5. The topological polar surface area (TPSA) is 37.5 Å².